The van der Waals surface area contributed by atoms with Crippen molar-refractivity contribution in [1.29, 1.82) is 0 Å². The van der Waals surface area contributed by atoms with Crippen LogP contribution in [-0.4, -0.2) is 18.2 Å². The van der Waals surface area contributed by atoms with Crippen LogP contribution < -0.4 is 5.32 Å². The number of hydrogen-bond acceptors (Lipinski definition) is 3. The van der Waals surface area contributed by atoms with Crippen LogP contribution in [0.5, 0.6) is 0 Å². The van der Waals surface area contributed by atoms with Gasteiger partial charge in [-0.2, -0.15) is 0 Å². The van der Waals surface area contributed by atoms with E-state index in [2.05, 4.69) is 51.0 Å². The Morgan fingerprint density at radius 2 is 2.24 bits per heavy atom. The van der Waals surface area contributed by atoms with E-state index in [0.29, 0.717) is 6.04 Å². The summed E-state index contributed by atoms with van der Waals surface area (Å²) < 4.78 is 12.9. The minimum absolute atomic E-state index is 0.0136. The van der Waals surface area contributed by atoms with Gasteiger partial charge in [0.15, 0.2) is 4.67 Å². The van der Waals surface area contributed by atoms with Crippen molar-refractivity contribution in [3.8, 4) is 0 Å². The predicted molar refractivity (Wildman–Crippen MR) is 74.0 cm³/mol. The van der Waals surface area contributed by atoms with E-state index in [1.807, 2.05) is 6.07 Å². The third-order valence-electron chi connectivity index (χ3n) is 2.96. The number of ether oxygens (including phenoxy) is 1. The first-order valence-electron chi connectivity index (χ1n) is 5.77. The van der Waals surface area contributed by atoms with Crippen LogP contribution >= 0.6 is 31.9 Å². The molecule has 1 aromatic rings. The number of furan rings is 1. The fraction of sp³-hybridized carbons (Fsp3) is 0.667. The summed E-state index contributed by atoms with van der Waals surface area (Å²) in [7, 11) is 0. The van der Waals surface area contributed by atoms with Gasteiger partial charge in [-0.1, -0.05) is 0 Å². The highest BCUT2D eigenvalue weighted by Crippen LogP contribution is 2.27. The number of halogens is 2. The lowest BCUT2D eigenvalue weighted by molar-refractivity contribution is -0.0632. The maximum Gasteiger partial charge on any atom is 0.183 e. The smallest absolute Gasteiger partial charge is 0.183 e. The van der Waals surface area contributed by atoms with Gasteiger partial charge in [0.1, 0.15) is 5.76 Å². The molecule has 1 aliphatic rings. The molecule has 3 nitrogen and oxygen atoms in total. The van der Waals surface area contributed by atoms with Gasteiger partial charge >= 0.3 is 0 Å². The molecule has 96 valence electrons. The molecular weight excluding hydrogens is 350 g/mol. The zero-order valence-electron chi connectivity index (χ0n) is 10.1. The van der Waals surface area contributed by atoms with E-state index >= 15 is 0 Å². The molecule has 0 saturated carbocycles. The molecule has 2 heterocycles. The normalized spacial score (nSPS) is 23.9. The maximum atomic E-state index is 5.69. The lowest BCUT2D eigenvalue weighted by Crippen LogP contribution is -2.43. The van der Waals surface area contributed by atoms with Crippen molar-refractivity contribution >= 4 is 31.9 Å². The summed E-state index contributed by atoms with van der Waals surface area (Å²) in [5.41, 5.74) is -0.0136. The first-order valence-corrected chi connectivity index (χ1v) is 7.36. The molecule has 1 unspecified atom stereocenters. The first-order chi connectivity index (χ1) is 7.96. The van der Waals surface area contributed by atoms with E-state index < -0.39 is 0 Å². The third-order valence-corrected chi connectivity index (χ3v) is 4.67. The Kier molecular flexibility index (Phi) is 4.34. The number of rotatable bonds is 3. The molecule has 2 rings (SSSR count). The van der Waals surface area contributed by atoms with E-state index in [9.17, 15) is 0 Å². The van der Waals surface area contributed by atoms with E-state index in [0.717, 1.165) is 40.9 Å². The molecule has 1 atom stereocenters. The maximum absolute atomic E-state index is 5.69. The Morgan fingerprint density at radius 1 is 1.47 bits per heavy atom. The van der Waals surface area contributed by atoms with Gasteiger partial charge in [-0.3, -0.25) is 0 Å². The summed E-state index contributed by atoms with van der Waals surface area (Å²) in [6.45, 7) is 5.86. The van der Waals surface area contributed by atoms with E-state index in [1.54, 1.807) is 0 Å². The average molecular weight is 367 g/mol. The minimum atomic E-state index is -0.0136. The topological polar surface area (TPSA) is 34.4 Å². The molecule has 0 aromatic carbocycles. The highest BCUT2D eigenvalue weighted by molar-refractivity contribution is 9.13. The Labute approximate surface area is 119 Å². The molecular formula is C12H17Br2NO2. The first kappa shape index (κ1) is 13.6. The largest absolute Gasteiger partial charge is 0.452 e. The van der Waals surface area contributed by atoms with Crippen molar-refractivity contribution in [3.05, 3.63) is 21.0 Å². The van der Waals surface area contributed by atoms with Gasteiger partial charge in [0.2, 0.25) is 0 Å². The van der Waals surface area contributed by atoms with Gasteiger partial charge < -0.3 is 14.5 Å². The molecule has 1 saturated heterocycles. The molecule has 0 amide bonds. The molecule has 0 radical (unpaired) electrons. The molecule has 1 N–H and O–H groups in total. The zero-order valence-corrected chi connectivity index (χ0v) is 13.2. The Balaban J connectivity index is 1.86. The monoisotopic (exact) mass is 365 g/mol. The fourth-order valence-electron chi connectivity index (χ4n) is 2.13. The SMILES string of the molecule is CC1(C)CC(NCc2cc(Br)c(Br)o2)CCO1. The Morgan fingerprint density at radius 3 is 2.82 bits per heavy atom. The molecule has 1 aliphatic heterocycles. The second-order valence-electron chi connectivity index (χ2n) is 5.01. The van der Waals surface area contributed by atoms with Crippen molar-refractivity contribution in [2.75, 3.05) is 6.61 Å². The molecule has 0 bridgehead atoms. The fourth-order valence-corrected chi connectivity index (χ4v) is 2.79. The Bertz CT molecular complexity index is 370. The van der Waals surface area contributed by atoms with Crippen molar-refractivity contribution < 1.29 is 9.15 Å². The van der Waals surface area contributed by atoms with Gasteiger partial charge in [-0.25, -0.2) is 0 Å². The molecule has 0 aliphatic carbocycles. The van der Waals surface area contributed by atoms with E-state index in [-0.39, 0.29) is 5.60 Å². The summed E-state index contributed by atoms with van der Waals surface area (Å²) in [5, 5.41) is 3.52. The van der Waals surface area contributed by atoms with E-state index in [1.165, 1.54) is 0 Å². The van der Waals surface area contributed by atoms with Crippen LogP contribution in [0.15, 0.2) is 19.6 Å². The van der Waals surface area contributed by atoms with Gasteiger partial charge in [-0.05, 0) is 64.6 Å². The minimum Gasteiger partial charge on any atom is -0.452 e. The Hall–Kier alpha value is 0.160. The van der Waals surface area contributed by atoms with Crippen LogP contribution in [0.4, 0.5) is 0 Å². The molecule has 17 heavy (non-hydrogen) atoms. The zero-order chi connectivity index (χ0) is 12.5. The van der Waals surface area contributed by atoms with Crippen molar-refractivity contribution in [2.24, 2.45) is 0 Å². The highest BCUT2D eigenvalue weighted by Gasteiger charge is 2.28. The standard InChI is InChI=1S/C12H17Br2NO2/c1-12(2)6-8(3-4-16-12)15-7-9-5-10(13)11(14)17-9/h5,8,15H,3-4,6-7H2,1-2H3. The van der Waals surface area contributed by atoms with Gasteiger partial charge in [-0.15, -0.1) is 0 Å². The summed E-state index contributed by atoms with van der Waals surface area (Å²) in [6, 6.07) is 2.49. The molecule has 1 aromatic heterocycles. The quantitative estimate of drug-likeness (QED) is 0.882. The molecule has 5 heteroatoms. The second-order valence-corrected chi connectivity index (χ2v) is 6.59. The summed E-state index contributed by atoms with van der Waals surface area (Å²) in [6.07, 6.45) is 2.10. The third kappa shape index (κ3) is 3.81. The second kappa shape index (κ2) is 5.43. The van der Waals surface area contributed by atoms with Gasteiger partial charge in [0.05, 0.1) is 16.6 Å². The van der Waals surface area contributed by atoms with Crippen LogP contribution in [0, 0.1) is 0 Å². The van der Waals surface area contributed by atoms with Crippen molar-refractivity contribution in [3.63, 3.8) is 0 Å². The average Bonchev–Trinajstić information content (AvgIpc) is 2.54. The van der Waals surface area contributed by atoms with Crippen LogP contribution in [0.2, 0.25) is 0 Å². The van der Waals surface area contributed by atoms with Crippen LogP contribution in [0.3, 0.4) is 0 Å². The number of hydrogen-bond donors (Lipinski definition) is 1. The molecule has 1 fully saturated rings. The molecule has 0 spiro atoms. The van der Waals surface area contributed by atoms with Gasteiger partial charge in [0, 0.05) is 12.6 Å². The predicted octanol–water partition coefficient (Wildman–Crippen LogP) is 3.85. The van der Waals surface area contributed by atoms with E-state index in [4.69, 9.17) is 9.15 Å². The summed E-state index contributed by atoms with van der Waals surface area (Å²) in [5.74, 6) is 0.938. The highest BCUT2D eigenvalue weighted by atomic mass is 79.9. The van der Waals surface area contributed by atoms with Gasteiger partial charge in [0.25, 0.3) is 0 Å². The summed E-state index contributed by atoms with van der Waals surface area (Å²) in [4.78, 5) is 0. The van der Waals surface area contributed by atoms with Crippen molar-refractivity contribution in [1.82, 2.24) is 5.32 Å². The van der Waals surface area contributed by atoms with Crippen LogP contribution in [0.1, 0.15) is 32.4 Å². The summed E-state index contributed by atoms with van der Waals surface area (Å²) >= 11 is 6.75. The lowest BCUT2D eigenvalue weighted by Gasteiger charge is -2.35. The lowest BCUT2D eigenvalue weighted by atomic mass is 9.94. The van der Waals surface area contributed by atoms with Crippen LogP contribution in [-0.2, 0) is 11.3 Å². The van der Waals surface area contributed by atoms with Crippen LogP contribution in [0.25, 0.3) is 0 Å². The van der Waals surface area contributed by atoms with Crippen molar-refractivity contribution in [2.45, 2.75) is 44.9 Å². The number of nitrogens with one attached hydrogen (secondary N) is 1.